The van der Waals surface area contributed by atoms with E-state index in [2.05, 4.69) is 11.0 Å². The molecule has 36 heavy (non-hydrogen) atoms. The lowest BCUT2D eigenvalue weighted by atomic mass is 9.77. The highest BCUT2D eigenvalue weighted by Crippen LogP contribution is 2.42. The molecule has 2 aromatic carbocycles. The SMILES string of the molecule is COc1cc2c(cc1OC)CCN(C(=O)CCN(CCO)C[C@H]1Cc3cc(OC)c(OC)cc31)CC2. The van der Waals surface area contributed by atoms with E-state index in [1.54, 1.807) is 28.4 Å². The van der Waals surface area contributed by atoms with Gasteiger partial charge in [-0.15, -0.1) is 0 Å². The van der Waals surface area contributed by atoms with Crippen LogP contribution in [0.4, 0.5) is 0 Å². The molecule has 1 amide bonds. The van der Waals surface area contributed by atoms with Crippen molar-refractivity contribution in [2.24, 2.45) is 0 Å². The highest BCUT2D eigenvalue weighted by atomic mass is 16.5. The smallest absolute Gasteiger partial charge is 0.223 e. The van der Waals surface area contributed by atoms with Crippen molar-refractivity contribution in [3.05, 3.63) is 46.5 Å². The first-order valence-electron chi connectivity index (χ1n) is 12.6. The van der Waals surface area contributed by atoms with Crippen LogP contribution in [0.5, 0.6) is 23.0 Å². The molecule has 0 spiro atoms. The van der Waals surface area contributed by atoms with Gasteiger partial charge in [-0.3, -0.25) is 9.69 Å². The number of amides is 1. The molecule has 1 heterocycles. The van der Waals surface area contributed by atoms with Gasteiger partial charge in [0, 0.05) is 45.1 Å². The van der Waals surface area contributed by atoms with Crippen LogP contribution in [0.25, 0.3) is 0 Å². The zero-order valence-corrected chi connectivity index (χ0v) is 21.8. The Labute approximate surface area is 213 Å². The number of benzene rings is 2. The van der Waals surface area contributed by atoms with Gasteiger partial charge in [0.25, 0.3) is 0 Å². The first-order chi connectivity index (χ1) is 17.5. The second kappa shape index (κ2) is 11.8. The number of aliphatic hydroxyl groups excluding tert-OH is 1. The standard InChI is InChI=1S/C28H38N2O6/c1-33-24-14-19-5-9-30(10-6-20(19)15-25(24)34-2)28(32)7-8-29(11-12-31)18-22-13-21-16-26(35-3)27(36-4)17-23(21)22/h14-17,22,31H,5-13,18H2,1-4H3/t22-/m1/s1. The first kappa shape index (κ1) is 26.1. The number of hydrogen-bond acceptors (Lipinski definition) is 7. The summed E-state index contributed by atoms with van der Waals surface area (Å²) < 4.78 is 21.8. The van der Waals surface area contributed by atoms with Crippen LogP contribution >= 0.6 is 0 Å². The number of fused-ring (bicyclic) bond motifs is 2. The van der Waals surface area contributed by atoms with Gasteiger partial charge in [0.15, 0.2) is 23.0 Å². The van der Waals surface area contributed by atoms with Crippen LogP contribution in [0, 0.1) is 0 Å². The van der Waals surface area contributed by atoms with E-state index in [9.17, 15) is 9.90 Å². The summed E-state index contributed by atoms with van der Waals surface area (Å²) in [5, 5.41) is 9.63. The van der Waals surface area contributed by atoms with Gasteiger partial charge in [-0.05, 0) is 65.8 Å². The zero-order chi connectivity index (χ0) is 25.7. The van der Waals surface area contributed by atoms with E-state index >= 15 is 0 Å². The third-order valence-corrected chi connectivity index (χ3v) is 7.45. The van der Waals surface area contributed by atoms with Crippen LogP contribution in [0.15, 0.2) is 24.3 Å². The van der Waals surface area contributed by atoms with Crippen LogP contribution in [-0.4, -0.2) is 88.6 Å². The molecule has 0 saturated heterocycles. The van der Waals surface area contributed by atoms with E-state index in [0.29, 0.717) is 38.5 Å². The monoisotopic (exact) mass is 498 g/mol. The lowest BCUT2D eigenvalue weighted by molar-refractivity contribution is -0.131. The van der Waals surface area contributed by atoms with Crippen molar-refractivity contribution in [2.45, 2.75) is 31.6 Å². The van der Waals surface area contributed by atoms with E-state index in [0.717, 1.165) is 48.8 Å². The summed E-state index contributed by atoms with van der Waals surface area (Å²) in [4.78, 5) is 17.3. The second-order valence-electron chi connectivity index (χ2n) is 9.44. The summed E-state index contributed by atoms with van der Waals surface area (Å²) in [6.45, 7) is 3.45. The lowest BCUT2D eigenvalue weighted by Crippen LogP contribution is -2.39. The molecule has 2 aromatic rings. The summed E-state index contributed by atoms with van der Waals surface area (Å²) in [5.41, 5.74) is 4.95. The van der Waals surface area contributed by atoms with Crippen molar-refractivity contribution >= 4 is 5.91 Å². The molecule has 8 nitrogen and oxygen atoms in total. The number of ether oxygens (including phenoxy) is 4. The largest absolute Gasteiger partial charge is 0.493 e. The molecule has 1 aliphatic heterocycles. The minimum atomic E-state index is 0.0718. The van der Waals surface area contributed by atoms with Crippen molar-refractivity contribution in [3.63, 3.8) is 0 Å². The van der Waals surface area contributed by atoms with Crippen LogP contribution in [0.3, 0.4) is 0 Å². The normalized spacial score (nSPS) is 16.5. The molecule has 0 aromatic heterocycles. The second-order valence-corrected chi connectivity index (χ2v) is 9.44. The Hall–Kier alpha value is -2.97. The Balaban J connectivity index is 1.33. The molecule has 1 N–H and O–H groups in total. The summed E-state index contributed by atoms with van der Waals surface area (Å²) >= 11 is 0. The third-order valence-electron chi connectivity index (χ3n) is 7.45. The van der Waals surface area contributed by atoms with Crippen LogP contribution in [-0.2, 0) is 24.1 Å². The van der Waals surface area contributed by atoms with Gasteiger partial charge in [0.2, 0.25) is 5.91 Å². The van der Waals surface area contributed by atoms with Crippen molar-refractivity contribution in [2.75, 3.05) is 67.8 Å². The molecule has 1 atom stereocenters. The number of carbonyl (C=O) groups excluding carboxylic acids is 1. The molecule has 0 fully saturated rings. The van der Waals surface area contributed by atoms with Crippen molar-refractivity contribution in [3.8, 4) is 23.0 Å². The Bertz CT molecular complexity index is 1040. The Morgan fingerprint density at radius 1 is 0.861 bits per heavy atom. The fourth-order valence-electron chi connectivity index (χ4n) is 5.36. The summed E-state index contributed by atoms with van der Waals surface area (Å²) in [6, 6.07) is 8.18. The molecule has 0 bridgehead atoms. The van der Waals surface area contributed by atoms with Crippen molar-refractivity contribution < 1.29 is 28.8 Å². The van der Waals surface area contributed by atoms with Crippen molar-refractivity contribution in [1.29, 1.82) is 0 Å². The van der Waals surface area contributed by atoms with E-state index < -0.39 is 0 Å². The lowest BCUT2D eigenvalue weighted by Gasteiger charge is -2.35. The molecule has 0 radical (unpaired) electrons. The highest BCUT2D eigenvalue weighted by Gasteiger charge is 2.30. The van der Waals surface area contributed by atoms with Crippen LogP contribution < -0.4 is 18.9 Å². The van der Waals surface area contributed by atoms with Gasteiger partial charge in [0.1, 0.15) is 0 Å². The Morgan fingerprint density at radius 3 is 1.92 bits per heavy atom. The predicted octanol–water partition coefficient (Wildman–Crippen LogP) is 2.67. The predicted molar refractivity (Wildman–Crippen MR) is 138 cm³/mol. The first-order valence-corrected chi connectivity index (χ1v) is 12.6. The number of rotatable bonds is 11. The van der Waals surface area contributed by atoms with Gasteiger partial charge in [0.05, 0.1) is 35.0 Å². The minimum Gasteiger partial charge on any atom is -0.493 e. The number of aliphatic hydroxyl groups is 1. The molecule has 2 aliphatic rings. The molecule has 4 rings (SSSR count). The Kier molecular flexibility index (Phi) is 8.59. The number of hydrogen-bond donors (Lipinski definition) is 1. The van der Waals surface area contributed by atoms with Crippen LogP contribution in [0.2, 0.25) is 0 Å². The molecule has 8 heteroatoms. The zero-order valence-electron chi connectivity index (χ0n) is 21.8. The summed E-state index contributed by atoms with van der Waals surface area (Å²) in [7, 11) is 6.59. The fraction of sp³-hybridized carbons (Fsp3) is 0.536. The Morgan fingerprint density at radius 2 is 1.39 bits per heavy atom. The number of methoxy groups -OCH3 is 4. The van der Waals surface area contributed by atoms with E-state index in [1.807, 2.05) is 23.1 Å². The minimum absolute atomic E-state index is 0.0718. The quantitative estimate of drug-likeness (QED) is 0.510. The summed E-state index contributed by atoms with van der Waals surface area (Å²) in [6.07, 6.45) is 3.00. The fourth-order valence-corrected chi connectivity index (χ4v) is 5.36. The molecular formula is C28H38N2O6. The topological polar surface area (TPSA) is 80.7 Å². The highest BCUT2D eigenvalue weighted by molar-refractivity contribution is 5.76. The maximum absolute atomic E-state index is 13.1. The maximum atomic E-state index is 13.1. The van der Waals surface area contributed by atoms with E-state index in [4.69, 9.17) is 18.9 Å². The van der Waals surface area contributed by atoms with Crippen LogP contribution in [0.1, 0.15) is 34.6 Å². The average molecular weight is 499 g/mol. The number of carbonyl (C=O) groups is 1. The summed E-state index contributed by atoms with van der Waals surface area (Å²) in [5.74, 6) is 3.46. The molecule has 0 saturated carbocycles. The van der Waals surface area contributed by atoms with Gasteiger partial charge in [-0.2, -0.15) is 0 Å². The molecule has 1 aliphatic carbocycles. The van der Waals surface area contributed by atoms with Gasteiger partial charge in [-0.25, -0.2) is 0 Å². The molecular weight excluding hydrogens is 460 g/mol. The number of nitrogens with zero attached hydrogens (tertiary/aromatic N) is 2. The molecule has 196 valence electrons. The average Bonchev–Trinajstić information content (AvgIpc) is 3.10. The molecule has 0 unspecified atom stereocenters. The van der Waals surface area contributed by atoms with Gasteiger partial charge < -0.3 is 29.0 Å². The van der Waals surface area contributed by atoms with Crippen molar-refractivity contribution in [1.82, 2.24) is 9.80 Å². The maximum Gasteiger partial charge on any atom is 0.223 e. The van der Waals surface area contributed by atoms with Gasteiger partial charge >= 0.3 is 0 Å². The third kappa shape index (κ3) is 5.55. The van der Waals surface area contributed by atoms with E-state index in [1.165, 1.54) is 22.3 Å². The van der Waals surface area contributed by atoms with Gasteiger partial charge in [-0.1, -0.05) is 0 Å². The van der Waals surface area contributed by atoms with E-state index in [-0.39, 0.29) is 12.5 Å².